The Hall–Kier alpha value is -2.14. The van der Waals surface area contributed by atoms with E-state index in [9.17, 15) is 9.59 Å². The molecular formula is C18H19BrN2O2. The van der Waals surface area contributed by atoms with Gasteiger partial charge in [-0.25, -0.2) is 0 Å². The van der Waals surface area contributed by atoms with Crippen molar-refractivity contribution < 1.29 is 9.59 Å². The number of amides is 2. The van der Waals surface area contributed by atoms with E-state index in [0.717, 1.165) is 21.4 Å². The van der Waals surface area contributed by atoms with Crippen LogP contribution in [0.1, 0.15) is 18.9 Å². The monoisotopic (exact) mass is 374 g/mol. The Kier molecular flexibility index (Phi) is 5.93. The highest BCUT2D eigenvalue weighted by Crippen LogP contribution is 2.26. The standard InChI is InChI=1S/C18H19BrN2O2/c1-13-7-9-15(10-8-13)20-18(23)11-12-21(14(2)22)17-6-4-3-5-16(17)19/h3-10H,11-12H2,1-2H3,(H,20,23). The molecule has 2 aromatic carbocycles. The summed E-state index contributed by atoms with van der Waals surface area (Å²) in [5.41, 5.74) is 2.67. The lowest BCUT2D eigenvalue weighted by Gasteiger charge is -2.22. The fourth-order valence-electron chi connectivity index (χ4n) is 2.19. The van der Waals surface area contributed by atoms with Crippen molar-refractivity contribution in [3.8, 4) is 0 Å². The lowest BCUT2D eigenvalue weighted by atomic mass is 10.2. The Labute approximate surface area is 144 Å². The van der Waals surface area contributed by atoms with Crippen molar-refractivity contribution in [2.45, 2.75) is 20.3 Å². The highest BCUT2D eigenvalue weighted by molar-refractivity contribution is 9.10. The number of para-hydroxylation sites is 1. The van der Waals surface area contributed by atoms with E-state index in [1.807, 2.05) is 55.5 Å². The van der Waals surface area contributed by atoms with Gasteiger partial charge in [0.15, 0.2) is 0 Å². The van der Waals surface area contributed by atoms with Gasteiger partial charge in [-0.1, -0.05) is 29.8 Å². The van der Waals surface area contributed by atoms with Crippen LogP contribution >= 0.6 is 15.9 Å². The molecule has 0 atom stereocenters. The molecule has 0 radical (unpaired) electrons. The fourth-order valence-corrected chi connectivity index (χ4v) is 2.69. The van der Waals surface area contributed by atoms with E-state index < -0.39 is 0 Å². The van der Waals surface area contributed by atoms with Crippen LogP contribution in [0.25, 0.3) is 0 Å². The van der Waals surface area contributed by atoms with Crippen LogP contribution in [0.4, 0.5) is 11.4 Å². The largest absolute Gasteiger partial charge is 0.326 e. The summed E-state index contributed by atoms with van der Waals surface area (Å²) in [6.45, 7) is 3.82. The van der Waals surface area contributed by atoms with Crippen LogP contribution in [0.3, 0.4) is 0 Å². The quantitative estimate of drug-likeness (QED) is 0.854. The third-order valence-electron chi connectivity index (χ3n) is 3.42. The SMILES string of the molecule is CC(=O)N(CCC(=O)Nc1ccc(C)cc1)c1ccccc1Br. The number of anilines is 2. The summed E-state index contributed by atoms with van der Waals surface area (Å²) < 4.78 is 0.828. The number of hydrogen-bond donors (Lipinski definition) is 1. The number of aryl methyl sites for hydroxylation is 1. The molecule has 2 amide bonds. The predicted octanol–water partition coefficient (Wildman–Crippen LogP) is 4.14. The topological polar surface area (TPSA) is 49.4 Å². The van der Waals surface area contributed by atoms with E-state index in [2.05, 4.69) is 21.2 Å². The predicted molar refractivity (Wildman–Crippen MR) is 96.6 cm³/mol. The number of rotatable bonds is 5. The molecule has 0 fully saturated rings. The molecular weight excluding hydrogens is 356 g/mol. The maximum atomic E-state index is 12.1. The molecule has 0 aliphatic carbocycles. The number of nitrogens with one attached hydrogen (secondary N) is 1. The summed E-state index contributed by atoms with van der Waals surface area (Å²) in [6.07, 6.45) is 0.231. The third kappa shape index (κ3) is 4.93. The first-order valence-corrected chi connectivity index (χ1v) is 8.16. The van der Waals surface area contributed by atoms with Gasteiger partial charge < -0.3 is 10.2 Å². The Morgan fingerprint density at radius 1 is 1.09 bits per heavy atom. The molecule has 0 aromatic heterocycles. The molecule has 0 aliphatic heterocycles. The zero-order chi connectivity index (χ0) is 16.8. The summed E-state index contributed by atoms with van der Waals surface area (Å²) in [6, 6.07) is 15.1. The van der Waals surface area contributed by atoms with Crippen LogP contribution in [0.5, 0.6) is 0 Å². The average Bonchev–Trinajstić information content (AvgIpc) is 2.51. The maximum absolute atomic E-state index is 12.1. The molecule has 0 bridgehead atoms. The van der Waals surface area contributed by atoms with Crippen molar-refractivity contribution in [3.05, 3.63) is 58.6 Å². The lowest BCUT2D eigenvalue weighted by molar-refractivity contribution is -0.117. The molecule has 0 saturated heterocycles. The average molecular weight is 375 g/mol. The molecule has 1 N–H and O–H groups in total. The molecule has 120 valence electrons. The van der Waals surface area contributed by atoms with Gasteiger partial charge in [0, 0.05) is 30.0 Å². The summed E-state index contributed by atoms with van der Waals surface area (Å²) in [5.74, 6) is -0.216. The number of halogens is 1. The number of nitrogens with zero attached hydrogens (tertiary/aromatic N) is 1. The first kappa shape index (κ1) is 17.2. The first-order chi connectivity index (χ1) is 11.0. The molecule has 0 heterocycles. The summed E-state index contributed by atoms with van der Waals surface area (Å²) in [4.78, 5) is 25.6. The molecule has 0 saturated carbocycles. The number of carbonyl (C=O) groups is 2. The van der Waals surface area contributed by atoms with Gasteiger partial charge in [-0.05, 0) is 47.1 Å². The second-order valence-corrected chi connectivity index (χ2v) is 6.14. The van der Waals surface area contributed by atoms with Crippen LogP contribution in [-0.2, 0) is 9.59 Å². The normalized spacial score (nSPS) is 10.2. The van der Waals surface area contributed by atoms with Crippen LogP contribution in [0.2, 0.25) is 0 Å². The molecule has 2 aromatic rings. The van der Waals surface area contributed by atoms with E-state index in [-0.39, 0.29) is 18.2 Å². The van der Waals surface area contributed by atoms with Crippen molar-refractivity contribution in [2.75, 3.05) is 16.8 Å². The highest BCUT2D eigenvalue weighted by atomic mass is 79.9. The van der Waals surface area contributed by atoms with Crippen molar-refractivity contribution in [1.29, 1.82) is 0 Å². The molecule has 4 nitrogen and oxygen atoms in total. The zero-order valence-electron chi connectivity index (χ0n) is 13.2. The molecule has 0 spiro atoms. The first-order valence-electron chi connectivity index (χ1n) is 7.36. The van der Waals surface area contributed by atoms with E-state index in [1.54, 1.807) is 4.90 Å². The van der Waals surface area contributed by atoms with Gasteiger partial charge >= 0.3 is 0 Å². The van der Waals surface area contributed by atoms with Gasteiger partial charge in [0.2, 0.25) is 11.8 Å². The minimum Gasteiger partial charge on any atom is -0.326 e. The molecule has 5 heteroatoms. The zero-order valence-corrected chi connectivity index (χ0v) is 14.8. The smallest absolute Gasteiger partial charge is 0.226 e. The Bertz CT molecular complexity index is 698. The van der Waals surface area contributed by atoms with Crippen LogP contribution in [-0.4, -0.2) is 18.4 Å². The summed E-state index contributed by atoms with van der Waals surface area (Å²) >= 11 is 3.44. The van der Waals surface area contributed by atoms with Gasteiger partial charge in [0.1, 0.15) is 0 Å². The summed E-state index contributed by atoms with van der Waals surface area (Å²) in [7, 11) is 0. The summed E-state index contributed by atoms with van der Waals surface area (Å²) in [5, 5.41) is 2.84. The van der Waals surface area contributed by atoms with Crippen LogP contribution in [0.15, 0.2) is 53.0 Å². The number of hydrogen-bond acceptors (Lipinski definition) is 2. The second kappa shape index (κ2) is 7.92. The molecule has 0 unspecified atom stereocenters. The Morgan fingerprint density at radius 2 is 1.74 bits per heavy atom. The lowest BCUT2D eigenvalue weighted by Crippen LogP contribution is -2.32. The molecule has 2 rings (SSSR count). The van der Waals surface area contributed by atoms with Crippen molar-refractivity contribution >= 4 is 39.1 Å². The highest BCUT2D eigenvalue weighted by Gasteiger charge is 2.15. The minimum atomic E-state index is -0.118. The van der Waals surface area contributed by atoms with E-state index in [1.165, 1.54) is 6.92 Å². The van der Waals surface area contributed by atoms with Crippen LogP contribution < -0.4 is 10.2 Å². The van der Waals surface area contributed by atoms with E-state index in [4.69, 9.17) is 0 Å². The molecule has 23 heavy (non-hydrogen) atoms. The van der Waals surface area contributed by atoms with Crippen molar-refractivity contribution in [2.24, 2.45) is 0 Å². The number of benzene rings is 2. The van der Waals surface area contributed by atoms with Gasteiger partial charge in [0.25, 0.3) is 0 Å². The van der Waals surface area contributed by atoms with Gasteiger partial charge in [-0.3, -0.25) is 9.59 Å². The maximum Gasteiger partial charge on any atom is 0.226 e. The van der Waals surface area contributed by atoms with Gasteiger partial charge in [-0.15, -0.1) is 0 Å². The number of carbonyl (C=O) groups excluding carboxylic acids is 2. The van der Waals surface area contributed by atoms with Crippen molar-refractivity contribution in [1.82, 2.24) is 0 Å². The Balaban J connectivity index is 1.99. The second-order valence-electron chi connectivity index (χ2n) is 5.29. The third-order valence-corrected chi connectivity index (χ3v) is 4.09. The van der Waals surface area contributed by atoms with E-state index in [0.29, 0.717) is 6.54 Å². The van der Waals surface area contributed by atoms with Crippen LogP contribution in [0, 0.1) is 6.92 Å². The van der Waals surface area contributed by atoms with E-state index >= 15 is 0 Å². The van der Waals surface area contributed by atoms with Crippen molar-refractivity contribution in [3.63, 3.8) is 0 Å². The minimum absolute atomic E-state index is 0.0972. The van der Waals surface area contributed by atoms with Gasteiger partial charge in [0.05, 0.1) is 5.69 Å². The van der Waals surface area contributed by atoms with Gasteiger partial charge in [-0.2, -0.15) is 0 Å². The Morgan fingerprint density at radius 3 is 2.35 bits per heavy atom. The fraction of sp³-hybridized carbons (Fsp3) is 0.222. The molecule has 0 aliphatic rings.